The maximum absolute atomic E-state index is 13.0. The zero-order valence-corrected chi connectivity index (χ0v) is 19.2. The van der Waals surface area contributed by atoms with Crippen LogP contribution in [0.1, 0.15) is 12.5 Å². The zero-order chi connectivity index (χ0) is 21.0. The lowest BCUT2D eigenvalue weighted by Gasteiger charge is -2.14. The minimum absolute atomic E-state index is 0.222. The molecule has 1 aliphatic heterocycles. The summed E-state index contributed by atoms with van der Waals surface area (Å²) in [4.78, 5) is 26.4. The predicted molar refractivity (Wildman–Crippen MR) is 123 cm³/mol. The summed E-state index contributed by atoms with van der Waals surface area (Å²) in [5.41, 5.74) is 1.24. The molecule has 2 aromatic rings. The van der Waals surface area contributed by atoms with E-state index in [2.05, 4.69) is 15.9 Å². The smallest absolute Gasteiger partial charge is 0.344 e. The number of carbonyl (C=O) groups excluding carboxylic acids is 2. The second kappa shape index (κ2) is 9.75. The molecule has 0 atom stereocenters. The highest BCUT2D eigenvalue weighted by Crippen LogP contribution is 2.38. The van der Waals surface area contributed by atoms with Gasteiger partial charge in [-0.1, -0.05) is 57.6 Å². The molecule has 9 heteroatoms. The van der Waals surface area contributed by atoms with E-state index in [9.17, 15) is 9.59 Å². The molecule has 0 aliphatic carbocycles. The van der Waals surface area contributed by atoms with Gasteiger partial charge in [-0.2, -0.15) is 0 Å². The van der Waals surface area contributed by atoms with Crippen LogP contribution < -0.4 is 9.64 Å². The first-order valence-electron chi connectivity index (χ1n) is 8.50. The van der Waals surface area contributed by atoms with Crippen LogP contribution in [0.4, 0.5) is 5.69 Å². The normalized spacial score (nSPS) is 15.1. The first kappa shape index (κ1) is 21.8. The van der Waals surface area contributed by atoms with Crippen molar-refractivity contribution in [2.45, 2.75) is 6.92 Å². The van der Waals surface area contributed by atoms with Crippen molar-refractivity contribution in [3.63, 3.8) is 0 Å². The quantitative estimate of drug-likeness (QED) is 0.291. The van der Waals surface area contributed by atoms with E-state index in [4.69, 9.17) is 33.3 Å². The molecule has 2 aromatic carbocycles. The molecule has 150 valence electrons. The average molecular weight is 513 g/mol. The first-order valence-corrected chi connectivity index (χ1v) is 10.9. The largest absolute Gasteiger partial charge is 0.481 e. The number of thiocarbonyl (C=S) groups is 1. The van der Waals surface area contributed by atoms with Gasteiger partial charge in [-0.3, -0.25) is 9.69 Å². The number of benzene rings is 2. The molecular formula is C20H15BrClNO4S2. The number of thioether (sulfide) groups is 1. The molecule has 1 fully saturated rings. The number of nitrogens with zero attached hydrogens (tertiary/aromatic N) is 1. The van der Waals surface area contributed by atoms with Crippen LogP contribution in [0.15, 0.2) is 51.8 Å². The monoisotopic (exact) mass is 511 g/mol. The minimum Gasteiger partial charge on any atom is -0.481 e. The van der Waals surface area contributed by atoms with Gasteiger partial charge in [-0.15, -0.1) is 0 Å². The van der Waals surface area contributed by atoms with Crippen LogP contribution in [0, 0.1) is 0 Å². The van der Waals surface area contributed by atoms with Gasteiger partial charge in [-0.05, 0) is 49.4 Å². The number of amides is 1. The molecular weight excluding hydrogens is 498 g/mol. The van der Waals surface area contributed by atoms with E-state index in [-0.39, 0.29) is 19.1 Å². The Labute approximate surface area is 191 Å². The lowest BCUT2D eigenvalue weighted by atomic mass is 10.2. The molecule has 0 bridgehead atoms. The third kappa shape index (κ3) is 5.39. The predicted octanol–water partition coefficient (Wildman–Crippen LogP) is 5.45. The Morgan fingerprint density at radius 3 is 2.83 bits per heavy atom. The van der Waals surface area contributed by atoms with Gasteiger partial charge in [-0.25, -0.2) is 4.79 Å². The van der Waals surface area contributed by atoms with E-state index < -0.39 is 5.97 Å². The number of rotatable bonds is 6. The summed E-state index contributed by atoms with van der Waals surface area (Å²) in [6, 6.07) is 12.2. The van der Waals surface area contributed by atoms with Crippen molar-refractivity contribution in [2.24, 2.45) is 0 Å². The van der Waals surface area contributed by atoms with Crippen LogP contribution in [0.2, 0.25) is 5.02 Å². The fourth-order valence-electron chi connectivity index (χ4n) is 2.55. The van der Waals surface area contributed by atoms with Gasteiger partial charge in [0.15, 0.2) is 10.9 Å². The van der Waals surface area contributed by atoms with Crippen LogP contribution >= 0.6 is 51.5 Å². The van der Waals surface area contributed by atoms with Crippen molar-refractivity contribution in [3.05, 3.63) is 62.4 Å². The van der Waals surface area contributed by atoms with Crippen molar-refractivity contribution in [1.82, 2.24) is 0 Å². The lowest BCUT2D eigenvalue weighted by Crippen LogP contribution is -2.27. The topological polar surface area (TPSA) is 55.8 Å². The van der Waals surface area contributed by atoms with Gasteiger partial charge in [0.2, 0.25) is 0 Å². The highest BCUT2D eigenvalue weighted by atomic mass is 79.9. The molecule has 1 amide bonds. The molecule has 1 aliphatic rings. The second-order valence-electron chi connectivity index (χ2n) is 5.77. The minimum atomic E-state index is -0.464. The molecule has 1 saturated heterocycles. The third-order valence-electron chi connectivity index (χ3n) is 3.77. The molecule has 0 spiro atoms. The van der Waals surface area contributed by atoms with E-state index in [1.165, 1.54) is 16.7 Å². The fraction of sp³-hybridized carbons (Fsp3) is 0.150. The second-order valence-corrected chi connectivity index (χ2v) is 8.80. The molecule has 1 heterocycles. The van der Waals surface area contributed by atoms with E-state index in [1.807, 2.05) is 0 Å². The van der Waals surface area contributed by atoms with Gasteiger partial charge in [0.05, 0.1) is 17.2 Å². The summed E-state index contributed by atoms with van der Waals surface area (Å²) in [6.45, 7) is 1.78. The van der Waals surface area contributed by atoms with Gasteiger partial charge in [0.25, 0.3) is 5.91 Å². The maximum Gasteiger partial charge on any atom is 0.344 e. The van der Waals surface area contributed by atoms with Crippen molar-refractivity contribution in [3.8, 4) is 5.75 Å². The molecule has 0 N–H and O–H groups in total. The summed E-state index contributed by atoms with van der Waals surface area (Å²) in [6.07, 6.45) is 1.69. The van der Waals surface area contributed by atoms with E-state index >= 15 is 0 Å². The van der Waals surface area contributed by atoms with E-state index in [0.717, 1.165) is 4.47 Å². The van der Waals surface area contributed by atoms with Crippen LogP contribution in [0.25, 0.3) is 6.08 Å². The van der Waals surface area contributed by atoms with Gasteiger partial charge < -0.3 is 9.47 Å². The highest BCUT2D eigenvalue weighted by Gasteiger charge is 2.33. The maximum atomic E-state index is 13.0. The van der Waals surface area contributed by atoms with Crippen molar-refractivity contribution in [2.75, 3.05) is 18.1 Å². The van der Waals surface area contributed by atoms with Gasteiger partial charge >= 0.3 is 5.97 Å². The number of halogens is 2. The third-order valence-corrected chi connectivity index (χ3v) is 5.80. The summed E-state index contributed by atoms with van der Waals surface area (Å²) >= 11 is 16.0. The Hall–Kier alpha value is -1.87. The number of carbonyl (C=O) groups is 2. The summed E-state index contributed by atoms with van der Waals surface area (Å²) < 4.78 is 11.7. The Morgan fingerprint density at radius 2 is 2.10 bits per heavy atom. The summed E-state index contributed by atoms with van der Waals surface area (Å²) in [5, 5.41) is 0.516. The highest BCUT2D eigenvalue weighted by molar-refractivity contribution is 9.10. The van der Waals surface area contributed by atoms with Crippen LogP contribution in [-0.4, -0.2) is 29.4 Å². The number of ether oxygens (including phenoxy) is 2. The first-order chi connectivity index (χ1) is 13.9. The molecule has 3 rings (SSSR count). The van der Waals surface area contributed by atoms with Crippen molar-refractivity contribution < 1.29 is 19.1 Å². The summed E-state index contributed by atoms with van der Waals surface area (Å²) in [7, 11) is 0. The molecule has 29 heavy (non-hydrogen) atoms. The zero-order valence-electron chi connectivity index (χ0n) is 15.2. The Bertz CT molecular complexity index is 1010. The van der Waals surface area contributed by atoms with E-state index in [1.54, 1.807) is 55.5 Å². The van der Waals surface area contributed by atoms with Crippen molar-refractivity contribution in [1.29, 1.82) is 0 Å². The molecule has 0 aromatic heterocycles. The van der Waals surface area contributed by atoms with Crippen LogP contribution in [0.5, 0.6) is 5.75 Å². The van der Waals surface area contributed by atoms with Gasteiger partial charge in [0, 0.05) is 15.1 Å². The molecule has 0 saturated carbocycles. The standard InChI is InChI=1S/C20H15BrClNO4S2/c1-2-26-18(24)11-27-16-7-6-13(21)8-12(16)9-17-19(25)23(20(28)29-17)15-5-3-4-14(22)10-15/h3-10H,2,11H2,1H3/b17-9-. The number of esters is 1. The van der Waals surface area contributed by atoms with Crippen LogP contribution in [-0.2, 0) is 14.3 Å². The average Bonchev–Trinajstić information content (AvgIpc) is 2.94. The Balaban J connectivity index is 1.88. The Morgan fingerprint density at radius 1 is 1.31 bits per heavy atom. The van der Waals surface area contributed by atoms with E-state index in [0.29, 0.717) is 31.2 Å². The van der Waals surface area contributed by atoms with Gasteiger partial charge in [0.1, 0.15) is 5.75 Å². The molecule has 0 radical (unpaired) electrons. The number of anilines is 1. The SMILES string of the molecule is CCOC(=O)COc1ccc(Br)cc1/C=C1\SC(=S)N(c2cccc(Cl)c2)C1=O. The van der Waals surface area contributed by atoms with Crippen LogP contribution in [0.3, 0.4) is 0 Å². The number of hydrogen-bond donors (Lipinski definition) is 0. The fourth-order valence-corrected chi connectivity index (χ4v) is 4.40. The lowest BCUT2D eigenvalue weighted by molar-refractivity contribution is -0.145. The molecule has 0 unspecified atom stereocenters. The summed E-state index contributed by atoms with van der Waals surface area (Å²) in [5.74, 6) is -0.262. The number of hydrogen-bond acceptors (Lipinski definition) is 6. The molecule has 5 nitrogen and oxygen atoms in total. The van der Waals surface area contributed by atoms with Crippen molar-refractivity contribution >= 4 is 79.5 Å². The Kier molecular flexibility index (Phi) is 7.34.